The highest BCUT2D eigenvalue weighted by Gasteiger charge is 2.42. The number of methoxy groups -OCH3 is 1. The minimum atomic E-state index is 0.525. The van der Waals surface area contributed by atoms with E-state index in [1.165, 1.54) is 62.5 Å². The van der Waals surface area contributed by atoms with Gasteiger partial charge in [0.1, 0.15) is 5.75 Å². The first-order valence-electron chi connectivity index (χ1n) is 8.88. The minimum Gasteiger partial charge on any atom is -0.497 e. The molecule has 116 valence electrons. The third kappa shape index (κ3) is 1.98. The summed E-state index contributed by atoms with van der Waals surface area (Å²) in [4.78, 5) is 0. The smallest absolute Gasteiger partial charge is 0.119 e. The van der Waals surface area contributed by atoms with Gasteiger partial charge >= 0.3 is 0 Å². The van der Waals surface area contributed by atoms with Crippen molar-refractivity contribution in [1.29, 1.82) is 0 Å². The lowest BCUT2D eigenvalue weighted by Gasteiger charge is -2.41. The number of hydrogen-bond donors (Lipinski definition) is 0. The fourth-order valence-corrected chi connectivity index (χ4v) is 5.13. The average Bonchev–Trinajstić information content (AvgIpc) is 2.98. The maximum absolute atomic E-state index is 5.41. The molecule has 1 atom stereocenters. The van der Waals surface area contributed by atoms with Crippen LogP contribution in [0.1, 0.15) is 63.0 Å². The quantitative estimate of drug-likeness (QED) is 0.695. The molecule has 1 heteroatoms. The van der Waals surface area contributed by atoms with Crippen molar-refractivity contribution in [1.82, 2.24) is 0 Å². The predicted octanol–water partition coefficient (Wildman–Crippen LogP) is 5.70. The molecule has 0 saturated carbocycles. The Morgan fingerprint density at radius 2 is 2.00 bits per heavy atom. The van der Waals surface area contributed by atoms with Crippen molar-refractivity contribution < 1.29 is 4.74 Å². The molecule has 0 unspecified atom stereocenters. The van der Waals surface area contributed by atoms with E-state index in [2.05, 4.69) is 31.2 Å². The summed E-state index contributed by atoms with van der Waals surface area (Å²) in [5.41, 5.74) is 8.59. The maximum Gasteiger partial charge on any atom is 0.119 e. The van der Waals surface area contributed by atoms with Crippen LogP contribution in [0, 0.1) is 5.41 Å². The van der Waals surface area contributed by atoms with Crippen LogP contribution in [0.5, 0.6) is 5.75 Å². The number of ether oxygens (including phenoxy) is 1. The molecular formula is C21H26O. The van der Waals surface area contributed by atoms with Crippen molar-refractivity contribution >= 4 is 5.57 Å². The van der Waals surface area contributed by atoms with E-state index in [9.17, 15) is 0 Å². The molecule has 0 N–H and O–H groups in total. The van der Waals surface area contributed by atoms with Gasteiger partial charge in [-0.2, -0.15) is 0 Å². The first-order valence-corrected chi connectivity index (χ1v) is 8.88. The van der Waals surface area contributed by atoms with Crippen LogP contribution in [0.4, 0.5) is 0 Å². The van der Waals surface area contributed by atoms with Gasteiger partial charge in [0.2, 0.25) is 0 Å². The minimum absolute atomic E-state index is 0.525. The second-order valence-corrected chi connectivity index (χ2v) is 7.17. The van der Waals surface area contributed by atoms with Gasteiger partial charge < -0.3 is 4.74 Å². The summed E-state index contributed by atoms with van der Waals surface area (Å²) in [6, 6.07) is 6.67. The molecule has 4 rings (SSSR count). The van der Waals surface area contributed by atoms with Crippen LogP contribution in [-0.2, 0) is 6.42 Å². The highest BCUT2D eigenvalue weighted by atomic mass is 16.5. The zero-order valence-electron chi connectivity index (χ0n) is 13.9. The average molecular weight is 294 g/mol. The lowest BCUT2D eigenvalue weighted by atomic mass is 9.63. The molecule has 0 fully saturated rings. The third-order valence-electron chi connectivity index (χ3n) is 6.10. The molecule has 0 radical (unpaired) electrons. The van der Waals surface area contributed by atoms with Crippen LogP contribution < -0.4 is 4.74 Å². The second kappa shape index (κ2) is 5.30. The van der Waals surface area contributed by atoms with Gasteiger partial charge in [0.15, 0.2) is 0 Å². The molecule has 3 aliphatic rings. The van der Waals surface area contributed by atoms with E-state index in [-0.39, 0.29) is 0 Å². The van der Waals surface area contributed by atoms with Gasteiger partial charge in [0.05, 0.1) is 7.11 Å². The van der Waals surface area contributed by atoms with Crippen molar-refractivity contribution in [3.8, 4) is 5.75 Å². The van der Waals surface area contributed by atoms with E-state index in [4.69, 9.17) is 4.74 Å². The Morgan fingerprint density at radius 1 is 1.09 bits per heavy atom. The summed E-state index contributed by atoms with van der Waals surface area (Å²) in [7, 11) is 1.76. The normalized spacial score (nSPS) is 26.2. The van der Waals surface area contributed by atoms with Crippen molar-refractivity contribution in [3.05, 3.63) is 46.5 Å². The van der Waals surface area contributed by atoms with Gasteiger partial charge in [0, 0.05) is 0 Å². The Labute approximate surface area is 134 Å². The van der Waals surface area contributed by atoms with Crippen LogP contribution in [0.15, 0.2) is 35.4 Å². The molecular weight excluding hydrogens is 268 g/mol. The zero-order valence-corrected chi connectivity index (χ0v) is 13.9. The highest BCUT2D eigenvalue weighted by Crippen LogP contribution is 2.57. The zero-order chi connectivity index (χ0) is 15.2. The first kappa shape index (κ1) is 14.1. The lowest BCUT2D eigenvalue weighted by Crippen LogP contribution is -2.27. The lowest BCUT2D eigenvalue weighted by molar-refractivity contribution is 0.292. The number of hydrogen-bond acceptors (Lipinski definition) is 1. The second-order valence-electron chi connectivity index (χ2n) is 7.17. The van der Waals surface area contributed by atoms with Crippen LogP contribution >= 0.6 is 0 Å². The van der Waals surface area contributed by atoms with E-state index >= 15 is 0 Å². The number of rotatable bonds is 3. The molecule has 0 heterocycles. The van der Waals surface area contributed by atoms with Crippen LogP contribution in [-0.4, -0.2) is 7.11 Å². The van der Waals surface area contributed by atoms with E-state index in [0.29, 0.717) is 5.41 Å². The SMILES string of the molecule is CCC[C@@]12CCC=C1C1=C(CC2)c2ccc(OC)cc2CC1. The van der Waals surface area contributed by atoms with Crippen LogP contribution in [0.3, 0.4) is 0 Å². The topological polar surface area (TPSA) is 9.23 Å². The molecule has 3 aliphatic carbocycles. The molecule has 0 amide bonds. The van der Waals surface area contributed by atoms with Crippen molar-refractivity contribution in [2.45, 2.75) is 58.3 Å². The van der Waals surface area contributed by atoms with Gasteiger partial charge in [-0.25, -0.2) is 0 Å². The summed E-state index contributed by atoms with van der Waals surface area (Å²) in [6.45, 7) is 2.34. The van der Waals surface area contributed by atoms with Gasteiger partial charge in [-0.15, -0.1) is 0 Å². The van der Waals surface area contributed by atoms with Gasteiger partial charge in [0.25, 0.3) is 0 Å². The number of aryl methyl sites for hydroxylation is 1. The summed E-state index contributed by atoms with van der Waals surface area (Å²) in [5, 5.41) is 0. The molecule has 22 heavy (non-hydrogen) atoms. The highest BCUT2D eigenvalue weighted by molar-refractivity contribution is 5.79. The number of fused-ring (bicyclic) bond motifs is 4. The summed E-state index contributed by atoms with van der Waals surface area (Å²) in [6.07, 6.45) is 13.0. The largest absolute Gasteiger partial charge is 0.497 e. The molecule has 0 aromatic heterocycles. The van der Waals surface area contributed by atoms with E-state index < -0.39 is 0 Å². The van der Waals surface area contributed by atoms with Gasteiger partial charge in [-0.05, 0) is 90.3 Å². The molecule has 0 saturated heterocycles. The Balaban J connectivity index is 1.79. The Hall–Kier alpha value is -1.50. The monoisotopic (exact) mass is 294 g/mol. The predicted molar refractivity (Wildman–Crippen MR) is 92.1 cm³/mol. The Kier molecular flexibility index (Phi) is 3.40. The van der Waals surface area contributed by atoms with Crippen molar-refractivity contribution in [3.63, 3.8) is 0 Å². The molecule has 0 bridgehead atoms. The number of allylic oxidation sites excluding steroid dienone is 4. The van der Waals surface area contributed by atoms with Crippen molar-refractivity contribution in [2.75, 3.05) is 7.11 Å². The van der Waals surface area contributed by atoms with Crippen LogP contribution in [0.2, 0.25) is 0 Å². The molecule has 1 aromatic rings. The first-order chi connectivity index (χ1) is 10.8. The fourth-order valence-electron chi connectivity index (χ4n) is 5.13. The fraction of sp³-hybridized carbons (Fsp3) is 0.524. The Morgan fingerprint density at radius 3 is 2.82 bits per heavy atom. The molecule has 1 aromatic carbocycles. The van der Waals surface area contributed by atoms with Crippen LogP contribution in [0.25, 0.3) is 5.57 Å². The summed E-state index contributed by atoms with van der Waals surface area (Å²) < 4.78 is 5.41. The number of benzene rings is 1. The van der Waals surface area contributed by atoms with E-state index in [1.54, 1.807) is 23.8 Å². The molecule has 0 spiro atoms. The third-order valence-corrected chi connectivity index (χ3v) is 6.10. The standard InChI is InChI=1S/C21H26O/c1-3-11-21-12-4-5-20(21)19-8-6-15-14-16(22-2)7-9-17(15)18(19)10-13-21/h5,7,9,14H,3-4,6,8,10-13H2,1-2H3/t21-/m0/s1. The summed E-state index contributed by atoms with van der Waals surface area (Å²) in [5.74, 6) is 0.999. The van der Waals surface area contributed by atoms with E-state index in [0.717, 1.165) is 5.75 Å². The van der Waals surface area contributed by atoms with Crippen molar-refractivity contribution in [2.24, 2.45) is 5.41 Å². The van der Waals surface area contributed by atoms with Gasteiger partial charge in [-0.3, -0.25) is 0 Å². The molecule has 0 aliphatic heterocycles. The van der Waals surface area contributed by atoms with E-state index in [1.807, 2.05) is 0 Å². The van der Waals surface area contributed by atoms with Gasteiger partial charge in [-0.1, -0.05) is 25.5 Å². The maximum atomic E-state index is 5.41. The Bertz CT molecular complexity index is 664. The molecule has 1 nitrogen and oxygen atoms in total. The summed E-state index contributed by atoms with van der Waals surface area (Å²) >= 11 is 0.